The average molecular weight is 367 g/mol. The van der Waals surface area contributed by atoms with Gasteiger partial charge in [-0.3, -0.25) is 0 Å². The lowest BCUT2D eigenvalue weighted by molar-refractivity contribution is -0.0203. The summed E-state index contributed by atoms with van der Waals surface area (Å²) in [6.07, 6.45) is 9.05. The molecular formula is C22H38O2S. The van der Waals surface area contributed by atoms with Gasteiger partial charge in [0.25, 0.3) is 0 Å². The first-order chi connectivity index (χ1) is 11.7. The van der Waals surface area contributed by atoms with Crippen LogP contribution in [-0.4, -0.2) is 37.9 Å². The zero-order chi connectivity index (χ0) is 18.1. The molecule has 4 saturated carbocycles. The maximum Gasteiger partial charge on any atom is 0.0643 e. The Hall–Kier alpha value is 0.270. The van der Waals surface area contributed by atoms with Crippen molar-refractivity contribution in [2.45, 2.75) is 78.4 Å². The standard InChI is InChI=1S/C22H38O2S/c1-19(2)15-7-9-21(19,17(11-15)23-5)13-25-14-22-10-8-16(20(22,3)4)12-18(22)24-6/h15-18H,7-14H2,1-6H3/t15-,16-,17?,18?,21-,22-/m1/s1. The molecule has 2 unspecified atom stereocenters. The number of hydrogen-bond donors (Lipinski definition) is 0. The highest BCUT2D eigenvalue weighted by molar-refractivity contribution is 7.99. The predicted molar refractivity (Wildman–Crippen MR) is 106 cm³/mol. The number of rotatable bonds is 6. The second-order valence-corrected chi connectivity index (χ2v) is 11.6. The van der Waals surface area contributed by atoms with Crippen LogP contribution in [0.1, 0.15) is 66.2 Å². The molecule has 0 spiro atoms. The molecule has 0 aromatic rings. The molecule has 0 aromatic carbocycles. The summed E-state index contributed by atoms with van der Waals surface area (Å²) in [6.45, 7) is 10.1. The highest BCUT2D eigenvalue weighted by atomic mass is 32.2. The van der Waals surface area contributed by atoms with Gasteiger partial charge in [0.1, 0.15) is 0 Å². The zero-order valence-corrected chi connectivity index (χ0v) is 18.0. The van der Waals surface area contributed by atoms with Gasteiger partial charge in [0.2, 0.25) is 0 Å². The fourth-order valence-electron chi connectivity index (χ4n) is 7.75. The van der Waals surface area contributed by atoms with E-state index < -0.39 is 0 Å². The van der Waals surface area contributed by atoms with Gasteiger partial charge in [-0.1, -0.05) is 27.7 Å². The lowest BCUT2D eigenvalue weighted by Gasteiger charge is -2.45. The highest BCUT2D eigenvalue weighted by Crippen LogP contribution is 2.70. The molecule has 2 nitrogen and oxygen atoms in total. The van der Waals surface area contributed by atoms with Crippen molar-refractivity contribution in [2.75, 3.05) is 25.7 Å². The molecule has 0 saturated heterocycles. The number of hydrogen-bond acceptors (Lipinski definition) is 3. The molecule has 4 aliphatic rings. The van der Waals surface area contributed by atoms with Crippen LogP contribution in [0.2, 0.25) is 0 Å². The third-order valence-corrected chi connectivity index (χ3v) is 11.4. The molecule has 3 heteroatoms. The van der Waals surface area contributed by atoms with Crippen molar-refractivity contribution in [1.82, 2.24) is 0 Å². The third-order valence-electron chi connectivity index (χ3n) is 10.0. The molecular weight excluding hydrogens is 328 g/mol. The quantitative estimate of drug-likeness (QED) is 0.627. The van der Waals surface area contributed by atoms with E-state index >= 15 is 0 Å². The van der Waals surface area contributed by atoms with Gasteiger partial charge in [0.05, 0.1) is 12.2 Å². The molecule has 0 aromatic heterocycles. The minimum atomic E-state index is 0.386. The molecule has 0 amide bonds. The summed E-state index contributed by atoms with van der Waals surface area (Å²) < 4.78 is 12.0. The molecule has 0 aliphatic heterocycles. The zero-order valence-electron chi connectivity index (χ0n) is 17.2. The second kappa shape index (κ2) is 5.88. The minimum absolute atomic E-state index is 0.386. The van der Waals surface area contributed by atoms with Crippen molar-refractivity contribution in [3.8, 4) is 0 Å². The Labute approximate surface area is 159 Å². The van der Waals surface area contributed by atoms with Crippen LogP contribution in [0, 0.1) is 33.5 Å². The summed E-state index contributed by atoms with van der Waals surface area (Å²) in [5.74, 6) is 4.27. The van der Waals surface area contributed by atoms with Gasteiger partial charge in [0, 0.05) is 36.6 Å². The highest BCUT2D eigenvalue weighted by Gasteiger charge is 2.66. The summed E-state index contributed by atoms with van der Waals surface area (Å²) in [5, 5.41) is 0. The van der Waals surface area contributed by atoms with Crippen LogP contribution in [0.5, 0.6) is 0 Å². The van der Waals surface area contributed by atoms with Gasteiger partial charge in [-0.2, -0.15) is 11.8 Å². The van der Waals surface area contributed by atoms with E-state index in [1.54, 1.807) is 0 Å². The van der Waals surface area contributed by atoms with E-state index in [0.717, 1.165) is 11.8 Å². The van der Waals surface area contributed by atoms with Crippen molar-refractivity contribution in [3.05, 3.63) is 0 Å². The molecule has 25 heavy (non-hydrogen) atoms. The Bertz CT molecular complexity index is 484. The maximum atomic E-state index is 6.01. The summed E-state index contributed by atoms with van der Waals surface area (Å²) in [5.41, 5.74) is 1.64. The van der Waals surface area contributed by atoms with Crippen molar-refractivity contribution < 1.29 is 9.47 Å². The number of thioether (sulfide) groups is 1. The summed E-state index contributed by atoms with van der Waals surface area (Å²) in [7, 11) is 3.88. The van der Waals surface area contributed by atoms with Crippen molar-refractivity contribution in [1.29, 1.82) is 0 Å². The summed E-state index contributed by atoms with van der Waals surface area (Å²) in [6, 6.07) is 0. The van der Waals surface area contributed by atoms with Crippen LogP contribution in [0.15, 0.2) is 0 Å². The van der Waals surface area contributed by atoms with Gasteiger partial charge < -0.3 is 9.47 Å². The molecule has 4 rings (SSSR count). The molecule has 4 bridgehead atoms. The van der Waals surface area contributed by atoms with Crippen LogP contribution >= 0.6 is 11.8 Å². The van der Waals surface area contributed by atoms with E-state index in [0.29, 0.717) is 33.9 Å². The van der Waals surface area contributed by atoms with Gasteiger partial charge >= 0.3 is 0 Å². The minimum Gasteiger partial charge on any atom is -0.381 e. The first-order valence-electron chi connectivity index (χ1n) is 10.4. The van der Waals surface area contributed by atoms with E-state index in [-0.39, 0.29) is 0 Å². The van der Waals surface area contributed by atoms with Crippen LogP contribution in [-0.2, 0) is 9.47 Å². The van der Waals surface area contributed by atoms with Crippen molar-refractivity contribution in [2.24, 2.45) is 33.5 Å². The van der Waals surface area contributed by atoms with E-state index in [2.05, 4.69) is 39.5 Å². The fourth-order valence-corrected chi connectivity index (χ4v) is 9.98. The van der Waals surface area contributed by atoms with Crippen LogP contribution in [0.4, 0.5) is 0 Å². The first kappa shape index (κ1) is 18.6. The Morgan fingerprint density at radius 1 is 0.760 bits per heavy atom. The molecule has 0 N–H and O–H groups in total. The van der Waals surface area contributed by atoms with Gasteiger partial charge in [-0.15, -0.1) is 0 Å². The van der Waals surface area contributed by atoms with Crippen LogP contribution in [0.25, 0.3) is 0 Å². The molecule has 0 radical (unpaired) electrons. The number of fused-ring (bicyclic) bond motifs is 4. The van der Waals surface area contributed by atoms with Gasteiger partial charge in [-0.25, -0.2) is 0 Å². The molecule has 0 heterocycles. The lowest BCUT2D eigenvalue weighted by atomic mass is 9.69. The molecule has 4 aliphatic carbocycles. The fraction of sp³-hybridized carbons (Fsp3) is 1.00. The topological polar surface area (TPSA) is 18.5 Å². The van der Waals surface area contributed by atoms with Crippen molar-refractivity contribution >= 4 is 11.8 Å². The second-order valence-electron chi connectivity index (χ2n) is 10.6. The van der Waals surface area contributed by atoms with Crippen LogP contribution in [0.3, 0.4) is 0 Å². The normalized spacial score (nSPS) is 49.2. The third kappa shape index (κ3) is 2.18. The van der Waals surface area contributed by atoms with E-state index in [1.807, 2.05) is 14.2 Å². The van der Waals surface area contributed by atoms with Gasteiger partial charge in [-0.05, 0) is 61.2 Å². The maximum absolute atomic E-state index is 6.01. The Balaban J connectivity index is 1.50. The Kier molecular flexibility index (Phi) is 4.38. The Morgan fingerprint density at radius 2 is 1.16 bits per heavy atom. The number of methoxy groups -OCH3 is 2. The predicted octanol–water partition coefficient (Wildman–Crippen LogP) is 5.40. The summed E-state index contributed by atoms with van der Waals surface area (Å²) in [4.78, 5) is 0. The molecule has 144 valence electrons. The van der Waals surface area contributed by atoms with E-state index in [1.165, 1.54) is 50.0 Å². The van der Waals surface area contributed by atoms with Crippen molar-refractivity contribution in [3.63, 3.8) is 0 Å². The number of ether oxygens (including phenoxy) is 2. The van der Waals surface area contributed by atoms with E-state index in [4.69, 9.17) is 9.47 Å². The van der Waals surface area contributed by atoms with Gasteiger partial charge in [0.15, 0.2) is 0 Å². The lowest BCUT2D eigenvalue weighted by Crippen LogP contribution is -2.44. The molecule has 4 fully saturated rings. The SMILES string of the molecule is COC1C[C@H]2CC[C@]1(CSC[C@]13CC[C@H](CC1OC)C3(C)C)C2(C)C. The Morgan fingerprint density at radius 3 is 1.48 bits per heavy atom. The largest absolute Gasteiger partial charge is 0.381 e. The monoisotopic (exact) mass is 366 g/mol. The first-order valence-corrected chi connectivity index (χ1v) is 11.5. The smallest absolute Gasteiger partial charge is 0.0643 e. The summed E-state index contributed by atoms with van der Waals surface area (Å²) >= 11 is 2.23. The molecule has 6 atom stereocenters. The average Bonchev–Trinajstić information content (AvgIpc) is 3.14. The van der Waals surface area contributed by atoms with E-state index in [9.17, 15) is 0 Å². The van der Waals surface area contributed by atoms with Crippen LogP contribution < -0.4 is 0 Å².